The summed E-state index contributed by atoms with van der Waals surface area (Å²) in [4.78, 5) is 11.4. The Morgan fingerprint density at radius 3 is 2.76 bits per heavy atom. The molecule has 4 heteroatoms. The van der Waals surface area contributed by atoms with Gasteiger partial charge in [0.25, 0.3) is 0 Å². The second kappa shape index (κ2) is 5.02. The Balaban J connectivity index is 1.60. The normalized spacial score (nSPS) is 21.0. The number of rotatable bonds is 3. The standard InChI is InChI=1S/C17H20N4/c1-12-10-13-4-2-3-5-14(13)11-21(12)16-8-9-18-17(20-16)19-15-6-7-15/h2-5,8-9,12,15H,6-7,10-11H2,1H3,(H,18,19,20)/t12-/m0/s1. The van der Waals surface area contributed by atoms with Gasteiger partial charge in [0.2, 0.25) is 5.95 Å². The fourth-order valence-corrected chi connectivity index (χ4v) is 2.97. The molecule has 1 aliphatic heterocycles. The van der Waals surface area contributed by atoms with Crippen molar-refractivity contribution in [1.82, 2.24) is 9.97 Å². The molecule has 1 N–H and O–H groups in total. The molecular formula is C17H20N4. The van der Waals surface area contributed by atoms with Gasteiger partial charge in [-0.1, -0.05) is 24.3 Å². The van der Waals surface area contributed by atoms with E-state index in [0.717, 1.165) is 24.7 Å². The summed E-state index contributed by atoms with van der Waals surface area (Å²) in [6, 6.07) is 11.8. The molecule has 1 aromatic carbocycles. The quantitative estimate of drug-likeness (QED) is 0.938. The molecule has 108 valence electrons. The summed E-state index contributed by atoms with van der Waals surface area (Å²) in [5.41, 5.74) is 2.87. The molecule has 2 heterocycles. The Morgan fingerprint density at radius 2 is 1.95 bits per heavy atom. The van der Waals surface area contributed by atoms with Crippen LogP contribution in [-0.4, -0.2) is 22.1 Å². The highest BCUT2D eigenvalue weighted by atomic mass is 15.3. The van der Waals surface area contributed by atoms with Crippen LogP contribution in [0.2, 0.25) is 0 Å². The van der Waals surface area contributed by atoms with E-state index in [4.69, 9.17) is 4.98 Å². The third kappa shape index (κ3) is 2.58. The van der Waals surface area contributed by atoms with Crippen molar-refractivity contribution in [3.8, 4) is 0 Å². The van der Waals surface area contributed by atoms with Crippen molar-refractivity contribution >= 4 is 11.8 Å². The number of benzene rings is 1. The molecule has 1 aromatic heterocycles. The molecule has 1 atom stereocenters. The highest BCUT2D eigenvalue weighted by molar-refractivity contribution is 5.48. The van der Waals surface area contributed by atoms with Crippen LogP contribution in [0.4, 0.5) is 11.8 Å². The van der Waals surface area contributed by atoms with Crippen LogP contribution in [0.15, 0.2) is 36.5 Å². The maximum atomic E-state index is 4.70. The average Bonchev–Trinajstić information content (AvgIpc) is 3.31. The van der Waals surface area contributed by atoms with E-state index in [1.807, 2.05) is 12.3 Å². The van der Waals surface area contributed by atoms with E-state index in [2.05, 4.69) is 46.4 Å². The zero-order valence-corrected chi connectivity index (χ0v) is 12.3. The van der Waals surface area contributed by atoms with Crippen molar-refractivity contribution in [2.24, 2.45) is 0 Å². The number of aromatic nitrogens is 2. The summed E-state index contributed by atoms with van der Waals surface area (Å²) < 4.78 is 0. The third-order valence-corrected chi connectivity index (χ3v) is 4.35. The highest BCUT2D eigenvalue weighted by Crippen LogP contribution is 2.28. The summed E-state index contributed by atoms with van der Waals surface area (Å²) in [6.07, 6.45) is 5.41. The molecule has 4 nitrogen and oxygen atoms in total. The molecule has 0 amide bonds. The fourth-order valence-electron chi connectivity index (χ4n) is 2.97. The van der Waals surface area contributed by atoms with Crippen LogP contribution in [0, 0.1) is 0 Å². The van der Waals surface area contributed by atoms with E-state index in [1.54, 1.807) is 0 Å². The molecule has 4 rings (SSSR count). The smallest absolute Gasteiger partial charge is 0.224 e. The number of nitrogens with one attached hydrogen (secondary N) is 1. The second-order valence-electron chi connectivity index (χ2n) is 6.11. The van der Waals surface area contributed by atoms with Gasteiger partial charge in [0, 0.05) is 24.8 Å². The summed E-state index contributed by atoms with van der Waals surface area (Å²) in [6.45, 7) is 3.20. The zero-order valence-electron chi connectivity index (χ0n) is 12.3. The average molecular weight is 280 g/mol. The van der Waals surface area contributed by atoms with Gasteiger partial charge in [-0.25, -0.2) is 4.98 Å². The van der Waals surface area contributed by atoms with Gasteiger partial charge in [-0.05, 0) is 43.4 Å². The minimum atomic E-state index is 0.462. The van der Waals surface area contributed by atoms with Crippen molar-refractivity contribution in [3.05, 3.63) is 47.7 Å². The van der Waals surface area contributed by atoms with Crippen molar-refractivity contribution in [2.75, 3.05) is 10.2 Å². The monoisotopic (exact) mass is 280 g/mol. The highest BCUT2D eigenvalue weighted by Gasteiger charge is 2.25. The van der Waals surface area contributed by atoms with Gasteiger partial charge in [0.05, 0.1) is 0 Å². The minimum absolute atomic E-state index is 0.462. The van der Waals surface area contributed by atoms with Gasteiger partial charge in [0.15, 0.2) is 0 Å². The number of hydrogen-bond donors (Lipinski definition) is 1. The summed E-state index contributed by atoms with van der Waals surface area (Å²) in [5.74, 6) is 1.79. The lowest BCUT2D eigenvalue weighted by atomic mass is 9.95. The lowest BCUT2D eigenvalue weighted by molar-refractivity contribution is 0.586. The molecular weight excluding hydrogens is 260 g/mol. The van der Waals surface area contributed by atoms with Crippen molar-refractivity contribution in [1.29, 1.82) is 0 Å². The minimum Gasteiger partial charge on any atom is -0.351 e. The molecule has 0 saturated heterocycles. The SMILES string of the molecule is C[C@H]1Cc2ccccc2CN1c1ccnc(NC2CC2)n1. The van der Waals surface area contributed by atoms with Crippen LogP contribution in [0.5, 0.6) is 0 Å². The number of anilines is 2. The molecule has 21 heavy (non-hydrogen) atoms. The predicted molar refractivity (Wildman–Crippen MR) is 84.5 cm³/mol. The van der Waals surface area contributed by atoms with E-state index in [1.165, 1.54) is 24.0 Å². The Bertz CT molecular complexity index is 651. The predicted octanol–water partition coefficient (Wildman–Crippen LogP) is 3.00. The second-order valence-corrected chi connectivity index (χ2v) is 6.11. The Hall–Kier alpha value is -2.10. The van der Waals surface area contributed by atoms with Crippen LogP contribution < -0.4 is 10.2 Å². The topological polar surface area (TPSA) is 41.1 Å². The van der Waals surface area contributed by atoms with Crippen LogP contribution in [-0.2, 0) is 13.0 Å². The first-order valence-electron chi connectivity index (χ1n) is 7.72. The largest absolute Gasteiger partial charge is 0.351 e. The van der Waals surface area contributed by atoms with Gasteiger partial charge in [-0.15, -0.1) is 0 Å². The van der Waals surface area contributed by atoms with Crippen molar-refractivity contribution in [3.63, 3.8) is 0 Å². The van der Waals surface area contributed by atoms with Gasteiger partial charge in [-0.3, -0.25) is 0 Å². The van der Waals surface area contributed by atoms with Gasteiger partial charge < -0.3 is 10.2 Å². The van der Waals surface area contributed by atoms with Crippen LogP contribution >= 0.6 is 0 Å². The van der Waals surface area contributed by atoms with E-state index in [-0.39, 0.29) is 0 Å². The first-order chi connectivity index (χ1) is 10.3. The lowest BCUT2D eigenvalue weighted by Crippen LogP contribution is -2.39. The summed E-state index contributed by atoms with van der Waals surface area (Å²) in [7, 11) is 0. The maximum absolute atomic E-state index is 4.70. The van der Waals surface area contributed by atoms with Gasteiger partial charge >= 0.3 is 0 Å². The van der Waals surface area contributed by atoms with E-state index < -0.39 is 0 Å². The molecule has 1 fully saturated rings. The summed E-state index contributed by atoms with van der Waals surface area (Å²) >= 11 is 0. The Morgan fingerprint density at radius 1 is 1.14 bits per heavy atom. The fraction of sp³-hybridized carbons (Fsp3) is 0.412. The first kappa shape index (κ1) is 12.6. The molecule has 2 aromatic rings. The zero-order chi connectivity index (χ0) is 14.2. The number of nitrogens with zero attached hydrogens (tertiary/aromatic N) is 3. The van der Waals surface area contributed by atoms with Crippen LogP contribution in [0.25, 0.3) is 0 Å². The number of hydrogen-bond acceptors (Lipinski definition) is 4. The molecule has 0 spiro atoms. The molecule has 2 aliphatic rings. The molecule has 0 radical (unpaired) electrons. The Kier molecular flexibility index (Phi) is 3.02. The summed E-state index contributed by atoms with van der Waals surface area (Å²) in [5, 5.41) is 3.38. The number of fused-ring (bicyclic) bond motifs is 1. The molecule has 1 saturated carbocycles. The molecule has 0 bridgehead atoms. The lowest BCUT2D eigenvalue weighted by Gasteiger charge is -2.35. The Labute approximate surface area is 125 Å². The van der Waals surface area contributed by atoms with Crippen LogP contribution in [0.3, 0.4) is 0 Å². The van der Waals surface area contributed by atoms with Crippen molar-refractivity contribution in [2.45, 2.75) is 44.8 Å². The van der Waals surface area contributed by atoms with E-state index >= 15 is 0 Å². The molecule has 1 aliphatic carbocycles. The van der Waals surface area contributed by atoms with E-state index in [0.29, 0.717) is 12.1 Å². The van der Waals surface area contributed by atoms with E-state index in [9.17, 15) is 0 Å². The van der Waals surface area contributed by atoms with Gasteiger partial charge in [0.1, 0.15) is 5.82 Å². The van der Waals surface area contributed by atoms with Gasteiger partial charge in [-0.2, -0.15) is 4.98 Å². The molecule has 0 unspecified atom stereocenters. The van der Waals surface area contributed by atoms with Crippen molar-refractivity contribution < 1.29 is 0 Å². The first-order valence-corrected chi connectivity index (χ1v) is 7.72. The third-order valence-electron chi connectivity index (χ3n) is 4.35. The van der Waals surface area contributed by atoms with Crippen LogP contribution in [0.1, 0.15) is 30.9 Å². The maximum Gasteiger partial charge on any atom is 0.224 e.